The number of carbonyl (C=O) groups is 1. The Bertz CT molecular complexity index is 296. The molecule has 0 saturated heterocycles. The van der Waals surface area contributed by atoms with E-state index in [1.54, 1.807) is 0 Å². The first kappa shape index (κ1) is 53.7. The Balaban J connectivity index is -0.0000000750. The van der Waals surface area contributed by atoms with E-state index >= 15 is 0 Å². The molecule has 0 heterocycles. The molecule has 0 aromatic carbocycles. The fraction of sp³-hybridized carbons (Fsp3) is 0.882. The molecule has 0 aromatic heterocycles. The molecule has 0 radical (unpaired) electrons. The van der Waals surface area contributed by atoms with Crippen LogP contribution in [0.2, 0.25) is 0 Å². The second-order valence-corrected chi connectivity index (χ2v) is 9.38. The summed E-state index contributed by atoms with van der Waals surface area (Å²) in [5.41, 5.74) is 1.48. The van der Waals surface area contributed by atoms with E-state index in [4.69, 9.17) is 0 Å². The zero-order chi connectivity index (χ0) is 26.7. The standard InChI is InChI=1S/C14H28.C13H26O.C4H9.C2H6.CH4.BrH.Li/c1-4-6-8-10-12-14(3)13-11-9-7-5-2;1-3-5-7-9-11-13(14)12-10-8-6-4-2;1-3-4-2;1-2;;;/h3-13H2,1-2H3;3-12H2,1-2H3;1,3-4H2,2H3;1-2H3;1H4;1H;/q;;-1;;;;+1/p-1. The van der Waals surface area contributed by atoms with Crippen LogP contribution in [0.5, 0.6) is 0 Å². The van der Waals surface area contributed by atoms with Crippen molar-refractivity contribution in [2.75, 3.05) is 0 Å². The number of rotatable bonds is 21. The Morgan fingerprint density at radius 1 is 0.541 bits per heavy atom. The molecule has 0 amide bonds. The van der Waals surface area contributed by atoms with E-state index in [9.17, 15) is 4.79 Å². The summed E-state index contributed by atoms with van der Waals surface area (Å²) in [4.78, 5) is 11.4. The van der Waals surface area contributed by atoms with Gasteiger partial charge in [-0.25, -0.2) is 0 Å². The first-order chi connectivity index (χ1) is 16.5. The van der Waals surface area contributed by atoms with Gasteiger partial charge in [0.2, 0.25) is 0 Å². The Kier molecular flexibility index (Phi) is 82.2. The van der Waals surface area contributed by atoms with E-state index < -0.39 is 0 Å². The predicted molar refractivity (Wildman–Crippen MR) is 168 cm³/mol. The van der Waals surface area contributed by atoms with Crippen molar-refractivity contribution in [2.45, 2.75) is 197 Å². The van der Waals surface area contributed by atoms with Gasteiger partial charge in [0.15, 0.2) is 0 Å². The maximum absolute atomic E-state index is 11.4. The second kappa shape index (κ2) is 56.6. The van der Waals surface area contributed by atoms with Crippen molar-refractivity contribution in [3.8, 4) is 0 Å². The molecule has 0 N–H and O–H groups in total. The Labute approximate surface area is 261 Å². The summed E-state index contributed by atoms with van der Waals surface area (Å²) >= 11 is 0. The van der Waals surface area contributed by atoms with Gasteiger partial charge >= 0.3 is 18.9 Å². The van der Waals surface area contributed by atoms with Gasteiger partial charge in [0.1, 0.15) is 5.78 Å². The Hall–Kier alpha value is 0.487. The first-order valence-electron chi connectivity index (χ1n) is 15.5. The molecule has 0 aliphatic heterocycles. The summed E-state index contributed by atoms with van der Waals surface area (Å²) in [5.74, 6) is 0.484. The number of unbranched alkanes of at least 4 members (excludes halogenated alkanes) is 13. The SMILES string of the molecule is C.C=C(CCCCCC)CCCCCC.CC.CCCCCCC(=O)CCCCCC.[Br-].[CH2-]CCC.[Li+]. The van der Waals surface area contributed by atoms with Crippen molar-refractivity contribution in [2.24, 2.45) is 0 Å². The average molecular weight is 585 g/mol. The average Bonchev–Trinajstić information content (AvgIpc) is 2.87. The minimum Gasteiger partial charge on any atom is -1.00 e. The molecule has 0 bridgehead atoms. The number of hydrogen-bond donors (Lipinski definition) is 0. The molecule has 0 aliphatic carbocycles. The molecule has 1 nitrogen and oxygen atoms in total. The van der Waals surface area contributed by atoms with Gasteiger partial charge < -0.3 is 23.9 Å². The zero-order valence-electron chi connectivity index (χ0n) is 26.8. The largest absolute Gasteiger partial charge is 1.00 e. The van der Waals surface area contributed by atoms with Gasteiger partial charge in [-0.15, -0.1) is 0 Å². The second-order valence-electron chi connectivity index (χ2n) is 9.38. The minimum absolute atomic E-state index is 0. The number of Topliss-reactive ketones (excluding diaryl/α,β-unsaturated/α-hetero) is 1. The third-order valence-electron chi connectivity index (χ3n) is 5.74. The van der Waals surface area contributed by atoms with E-state index in [-0.39, 0.29) is 43.3 Å². The van der Waals surface area contributed by atoms with E-state index in [1.807, 2.05) is 13.8 Å². The predicted octanol–water partition coefficient (Wildman–Crippen LogP) is 7.27. The van der Waals surface area contributed by atoms with E-state index in [0.29, 0.717) is 5.78 Å². The Morgan fingerprint density at radius 2 is 0.784 bits per heavy atom. The van der Waals surface area contributed by atoms with Crippen LogP contribution in [0.25, 0.3) is 0 Å². The maximum Gasteiger partial charge on any atom is 1.00 e. The molecule has 3 heteroatoms. The molecule has 37 heavy (non-hydrogen) atoms. The zero-order valence-corrected chi connectivity index (χ0v) is 28.3. The van der Waals surface area contributed by atoms with Crippen LogP contribution < -0.4 is 35.8 Å². The van der Waals surface area contributed by atoms with Crippen molar-refractivity contribution >= 4 is 5.78 Å². The molecule has 0 saturated carbocycles. The van der Waals surface area contributed by atoms with Gasteiger partial charge in [0.05, 0.1) is 0 Å². The molecule has 0 rings (SSSR count). The van der Waals surface area contributed by atoms with Crippen LogP contribution in [-0.4, -0.2) is 5.78 Å². The smallest absolute Gasteiger partial charge is 1.00 e. The quantitative estimate of drug-likeness (QED) is 0.0600. The molecule has 0 unspecified atom stereocenters. The van der Waals surface area contributed by atoms with Crippen LogP contribution in [0.1, 0.15) is 197 Å². The van der Waals surface area contributed by atoms with Gasteiger partial charge in [-0.2, -0.15) is 6.42 Å². The van der Waals surface area contributed by atoms with Crippen molar-refractivity contribution in [1.82, 2.24) is 0 Å². The fourth-order valence-corrected chi connectivity index (χ4v) is 3.35. The van der Waals surface area contributed by atoms with Gasteiger partial charge in [-0.05, 0) is 38.5 Å². The van der Waals surface area contributed by atoms with Crippen molar-refractivity contribution in [3.05, 3.63) is 19.1 Å². The number of ketones is 1. The van der Waals surface area contributed by atoms with Crippen molar-refractivity contribution in [1.29, 1.82) is 0 Å². The summed E-state index contributed by atoms with van der Waals surface area (Å²) in [6.07, 6.45) is 27.2. The number of halogens is 1. The minimum atomic E-state index is 0. The van der Waals surface area contributed by atoms with Crippen LogP contribution in [0.3, 0.4) is 0 Å². The first-order valence-corrected chi connectivity index (χ1v) is 15.5. The number of hydrogen-bond acceptors (Lipinski definition) is 1. The summed E-state index contributed by atoms with van der Waals surface area (Å²) < 4.78 is 0. The molecule has 0 spiro atoms. The maximum atomic E-state index is 11.4. The van der Waals surface area contributed by atoms with E-state index in [1.165, 1.54) is 115 Å². The Morgan fingerprint density at radius 3 is 1.00 bits per heavy atom. The molecule has 0 aliphatic rings. The summed E-state index contributed by atoms with van der Waals surface area (Å²) in [6, 6.07) is 0. The number of allylic oxidation sites excluding steroid dienone is 1. The molecular formula is C34H73BrLiO-. The van der Waals surface area contributed by atoms with Crippen LogP contribution in [0.15, 0.2) is 12.2 Å². The number of carbonyl (C=O) groups excluding carboxylic acids is 1. The van der Waals surface area contributed by atoms with Crippen LogP contribution in [0.4, 0.5) is 0 Å². The molecule has 0 aromatic rings. The molecule has 0 fully saturated rings. The fourth-order valence-electron chi connectivity index (χ4n) is 3.35. The van der Waals surface area contributed by atoms with Crippen molar-refractivity contribution < 1.29 is 40.6 Å². The molecule has 224 valence electrons. The normalized spacial score (nSPS) is 8.86. The van der Waals surface area contributed by atoms with Crippen LogP contribution >= 0.6 is 0 Å². The van der Waals surface area contributed by atoms with E-state index in [2.05, 4.69) is 48.1 Å². The van der Waals surface area contributed by atoms with E-state index in [0.717, 1.165) is 32.1 Å². The molecular weight excluding hydrogens is 511 g/mol. The topological polar surface area (TPSA) is 17.1 Å². The van der Waals surface area contributed by atoms with Crippen LogP contribution in [-0.2, 0) is 4.79 Å². The third-order valence-corrected chi connectivity index (χ3v) is 5.74. The monoisotopic (exact) mass is 584 g/mol. The van der Waals surface area contributed by atoms with Gasteiger partial charge in [0, 0.05) is 12.8 Å². The summed E-state index contributed by atoms with van der Waals surface area (Å²) in [6.45, 7) is 22.8. The van der Waals surface area contributed by atoms with Crippen LogP contribution in [0, 0.1) is 6.92 Å². The molecule has 0 atom stereocenters. The summed E-state index contributed by atoms with van der Waals surface area (Å²) in [7, 11) is 0. The summed E-state index contributed by atoms with van der Waals surface area (Å²) in [5, 5.41) is 0. The third kappa shape index (κ3) is 66.8. The van der Waals surface area contributed by atoms with Gasteiger partial charge in [0.25, 0.3) is 0 Å². The van der Waals surface area contributed by atoms with Crippen molar-refractivity contribution in [3.63, 3.8) is 0 Å². The van der Waals surface area contributed by atoms with Gasteiger partial charge in [-0.1, -0.05) is 152 Å². The van der Waals surface area contributed by atoms with Gasteiger partial charge in [-0.3, -0.25) is 4.79 Å².